The van der Waals surface area contributed by atoms with Gasteiger partial charge in [0.15, 0.2) is 0 Å². The lowest BCUT2D eigenvalue weighted by molar-refractivity contribution is -0.384. The average Bonchev–Trinajstić information content (AvgIpc) is 2.64. The lowest BCUT2D eigenvalue weighted by Crippen LogP contribution is -2.37. The SMILES string of the molecule is O=C(Oc1ccc(Br)cc1Cl)c1cc([N+](=O)[O-])ccc1N1CCOCC1. The number of carbonyl (C=O) groups excluding carboxylic acids is 1. The van der Waals surface area contributed by atoms with Gasteiger partial charge in [-0.25, -0.2) is 4.79 Å². The molecule has 0 N–H and O–H groups in total. The van der Waals surface area contributed by atoms with Crippen molar-refractivity contribution in [3.63, 3.8) is 0 Å². The Morgan fingerprint density at radius 1 is 1.23 bits per heavy atom. The van der Waals surface area contributed by atoms with Gasteiger partial charge in [-0.2, -0.15) is 0 Å². The molecule has 7 nitrogen and oxygen atoms in total. The Bertz CT molecular complexity index is 855. The van der Waals surface area contributed by atoms with Crippen LogP contribution in [0, 0.1) is 10.1 Å². The number of benzene rings is 2. The van der Waals surface area contributed by atoms with Crippen LogP contribution in [0.3, 0.4) is 0 Å². The molecule has 0 aromatic heterocycles. The molecule has 2 aromatic carbocycles. The Kier molecular flexibility index (Phi) is 5.75. The molecule has 2 aromatic rings. The lowest BCUT2D eigenvalue weighted by Gasteiger charge is -2.30. The number of halogens is 2. The summed E-state index contributed by atoms with van der Waals surface area (Å²) in [6.45, 7) is 2.20. The molecule has 1 aliphatic heterocycles. The van der Waals surface area contributed by atoms with Crippen LogP contribution in [0.1, 0.15) is 10.4 Å². The van der Waals surface area contributed by atoms with Crippen molar-refractivity contribution in [2.45, 2.75) is 0 Å². The Morgan fingerprint density at radius 2 is 1.96 bits per heavy atom. The summed E-state index contributed by atoms with van der Waals surface area (Å²) in [5, 5.41) is 11.4. The van der Waals surface area contributed by atoms with E-state index in [0.717, 1.165) is 4.47 Å². The minimum atomic E-state index is -0.709. The van der Waals surface area contributed by atoms with Gasteiger partial charge in [0.05, 0.1) is 34.4 Å². The fraction of sp³-hybridized carbons (Fsp3) is 0.235. The second-order valence-corrected chi connectivity index (χ2v) is 6.85. The highest BCUT2D eigenvalue weighted by Gasteiger charge is 2.24. The van der Waals surface area contributed by atoms with E-state index in [2.05, 4.69) is 15.9 Å². The zero-order valence-electron chi connectivity index (χ0n) is 13.5. The van der Waals surface area contributed by atoms with Crippen LogP contribution < -0.4 is 9.64 Å². The standard InChI is InChI=1S/C17H14BrClN2O5/c18-11-1-4-16(14(19)9-11)26-17(22)13-10-12(21(23)24)2-3-15(13)20-5-7-25-8-6-20/h1-4,9-10H,5-8H2. The molecule has 9 heteroatoms. The normalized spacial score (nSPS) is 14.2. The number of ether oxygens (including phenoxy) is 2. The summed E-state index contributed by atoms with van der Waals surface area (Å²) in [5.74, 6) is -0.529. The highest BCUT2D eigenvalue weighted by molar-refractivity contribution is 9.10. The molecule has 1 saturated heterocycles. The predicted octanol–water partition coefficient (Wildman–Crippen LogP) is 4.07. The molecule has 1 fully saturated rings. The number of carbonyl (C=O) groups is 1. The fourth-order valence-corrected chi connectivity index (χ4v) is 3.31. The van der Waals surface area contributed by atoms with E-state index in [0.29, 0.717) is 32.0 Å². The number of nitrogens with zero attached hydrogens (tertiary/aromatic N) is 2. The van der Waals surface area contributed by atoms with Crippen LogP contribution in [0.15, 0.2) is 40.9 Å². The van der Waals surface area contributed by atoms with Gasteiger partial charge in [-0.05, 0) is 24.3 Å². The van der Waals surface area contributed by atoms with E-state index in [1.165, 1.54) is 12.1 Å². The van der Waals surface area contributed by atoms with E-state index in [9.17, 15) is 14.9 Å². The molecule has 1 aliphatic rings. The number of hydrogen-bond donors (Lipinski definition) is 0. The summed E-state index contributed by atoms with van der Waals surface area (Å²) < 4.78 is 11.4. The average molecular weight is 442 g/mol. The molecule has 3 rings (SSSR count). The van der Waals surface area contributed by atoms with E-state index >= 15 is 0 Å². The molecule has 0 saturated carbocycles. The number of nitro groups is 1. The zero-order valence-corrected chi connectivity index (χ0v) is 15.8. The zero-order chi connectivity index (χ0) is 18.7. The monoisotopic (exact) mass is 440 g/mol. The predicted molar refractivity (Wildman–Crippen MR) is 100 cm³/mol. The van der Waals surface area contributed by atoms with E-state index in [1.807, 2.05) is 4.90 Å². The third kappa shape index (κ3) is 4.14. The molecular formula is C17H14BrClN2O5. The van der Waals surface area contributed by atoms with Crippen molar-refractivity contribution in [2.24, 2.45) is 0 Å². The molecule has 0 spiro atoms. The van der Waals surface area contributed by atoms with Crippen LogP contribution >= 0.6 is 27.5 Å². The van der Waals surface area contributed by atoms with Gasteiger partial charge in [-0.1, -0.05) is 27.5 Å². The number of hydrogen-bond acceptors (Lipinski definition) is 6. The number of nitro benzene ring substituents is 1. The minimum Gasteiger partial charge on any atom is -0.421 e. The Morgan fingerprint density at radius 3 is 2.62 bits per heavy atom. The van der Waals surface area contributed by atoms with Crippen molar-refractivity contribution in [3.8, 4) is 5.75 Å². The van der Waals surface area contributed by atoms with E-state index in [1.54, 1.807) is 24.3 Å². The molecule has 136 valence electrons. The topological polar surface area (TPSA) is 81.9 Å². The molecule has 0 aliphatic carbocycles. The van der Waals surface area contributed by atoms with Gasteiger partial charge < -0.3 is 14.4 Å². The minimum absolute atomic E-state index is 0.111. The molecular weight excluding hydrogens is 428 g/mol. The summed E-state index contributed by atoms with van der Waals surface area (Å²) in [7, 11) is 0. The second-order valence-electron chi connectivity index (χ2n) is 5.52. The van der Waals surface area contributed by atoms with Gasteiger partial charge in [0.1, 0.15) is 5.75 Å². The maximum Gasteiger partial charge on any atom is 0.345 e. The molecule has 0 bridgehead atoms. The molecule has 1 heterocycles. The van der Waals surface area contributed by atoms with E-state index < -0.39 is 10.9 Å². The van der Waals surface area contributed by atoms with Crippen LogP contribution in [0.2, 0.25) is 5.02 Å². The summed E-state index contributed by atoms with van der Waals surface area (Å²) in [5.41, 5.74) is 0.494. The number of anilines is 1. The Hall–Kier alpha value is -2.16. The molecule has 0 amide bonds. The van der Waals surface area contributed by atoms with Crippen molar-refractivity contribution >= 4 is 44.9 Å². The number of non-ortho nitro benzene ring substituents is 1. The first-order valence-electron chi connectivity index (χ1n) is 7.74. The van der Waals surface area contributed by atoms with Gasteiger partial charge in [-0.3, -0.25) is 10.1 Å². The smallest absolute Gasteiger partial charge is 0.345 e. The Balaban J connectivity index is 1.95. The highest BCUT2D eigenvalue weighted by atomic mass is 79.9. The number of morpholine rings is 1. The first-order chi connectivity index (χ1) is 12.5. The fourth-order valence-electron chi connectivity index (χ4n) is 2.59. The first-order valence-corrected chi connectivity index (χ1v) is 8.91. The van der Waals surface area contributed by atoms with Gasteiger partial charge in [0.25, 0.3) is 5.69 Å². The van der Waals surface area contributed by atoms with Crippen molar-refractivity contribution in [2.75, 3.05) is 31.2 Å². The maximum atomic E-state index is 12.7. The summed E-state index contributed by atoms with van der Waals surface area (Å²) >= 11 is 9.37. The number of rotatable bonds is 4. The van der Waals surface area contributed by atoms with E-state index in [-0.39, 0.29) is 22.0 Å². The summed E-state index contributed by atoms with van der Waals surface area (Å²) in [4.78, 5) is 25.2. The molecule has 26 heavy (non-hydrogen) atoms. The van der Waals surface area contributed by atoms with E-state index in [4.69, 9.17) is 21.1 Å². The first kappa shape index (κ1) is 18.6. The quantitative estimate of drug-likeness (QED) is 0.308. The van der Waals surface area contributed by atoms with Crippen LogP contribution in [0.5, 0.6) is 5.75 Å². The van der Waals surface area contributed by atoms with Gasteiger partial charge >= 0.3 is 5.97 Å². The third-order valence-corrected chi connectivity index (χ3v) is 4.65. The van der Waals surface area contributed by atoms with Gasteiger partial charge in [-0.15, -0.1) is 0 Å². The largest absolute Gasteiger partial charge is 0.421 e. The van der Waals surface area contributed by atoms with Crippen LogP contribution in [0.25, 0.3) is 0 Å². The van der Waals surface area contributed by atoms with Crippen LogP contribution in [0.4, 0.5) is 11.4 Å². The molecule has 0 atom stereocenters. The van der Waals surface area contributed by atoms with Crippen LogP contribution in [-0.4, -0.2) is 37.2 Å². The third-order valence-electron chi connectivity index (χ3n) is 3.86. The maximum absolute atomic E-state index is 12.7. The van der Waals surface area contributed by atoms with Crippen LogP contribution in [-0.2, 0) is 4.74 Å². The van der Waals surface area contributed by atoms with Crippen molar-refractivity contribution < 1.29 is 19.2 Å². The van der Waals surface area contributed by atoms with Gasteiger partial charge in [0.2, 0.25) is 0 Å². The van der Waals surface area contributed by atoms with Crippen molar-refractivity contribution in [1.29, 1.82) is 0 Å². The summed E-state index contributed by atoms with van der Waals surface area (Å²) in [6, 6.07) is 8.98. The van der Waals surface area contributed by atoms with Gasteiger partial charge in [0, 0.05) is 29.7 Å². The Labute approximate surface area is 162 Å². The molecule has 0 unspecified atom stereocenters. The lowest BCUT2D eigenvalue weighted by atomic mass is 10.1. The van der Waals surface area contributed by atoms with Crippen molar-refractivity contribution in [3.05, 3.63) is 61.6 Å². The van der Waals surface area contributed by atoms with Crippen molar-refractivity contribution in [1.82, 2.24) is 0 Å². The second kappa shape index (κ2) is 8.03. The summed E-state index contributed by atoms with van der Waals surface area (Å²) in [6.07, 6.45) is 0. The highest BCUT2D eigenvalue weighted by Crippen LogP contribution is 2.31. The number of esters is 1. The molecule has 0 radical (unpaired) electrons.